The second-order valence-corrected chi connectivity index (χ2v) is 5.39. The first-order valence-electron chi connectivity index (χ1n) is 6.56. The van der Waals surface area contributed by atoms with Crippen molar-refractivity contribution in [1.29, 1.82) is 0 Å². The quantitative estimate of drug-likeness (QED) is 0.830. The molecule has 0 aliphatic rings. The van der Waals surface area contributed by atoms with Crippen molar-refractivity contribution in [3.63, 3.8) is 0 Å². The van der Waals surface area contributed by atoms with Gasteiger partial charge in [-0.05, 0) is 41.6 Å². The summed E-state index contributed by atoms with van der Waals surface area (Å²) in [5, 5.41) is 5.52. The SMILES string of the molecule is CSc1ccc(CNC(=O)NCc2ccc(F)cc2)cc1. The normalized spacial score (nSPS) is 10.2. The summed E-state index contributed by atoms with van der Waals surface area (Å²) in [5.74, 6) is -0.281. The van der Waals surface area contributed by atoms with Gasteiger partial charge in [-0.2, -0.15) is 0 Å². The van der Waals surface area contributed by atoms with Gasteiger partial charge in [0.1, 0.15) is 5.82 Å². The molecule has 0 radical (unpaired) electrons. The zero-order valence-corrected chi connectivity index (χ0v) is 12.5. The van der Waals surface area contributed by atoms with Gasteiger partial charge in [0, 0.05) is 18.0 Å². The number of carbonyl (C=O) groups excluding carboxylic acids is 1. The highest BCUT2D eigenvalue weighted by Gasteiger charge is 2.01. The fraction of sp³-hybridized carbons (Fsp3) is 0.188. The third-order valence-corrected chi connectivity index (χ3v) is 3.72. The van der Waals surface area contributed by atoms with Crippen molar-refractivity contribution >= 4 is 17.8 Å². The standard InChI is InChI=1S/C16H17FN2OS/c1-21-15-8-4-13(5-9-15)11-19-16(20)18-10-12-2-6-14(17)7-3-12/h2-9H,10-11H2,1H3,(H2,18,19,20). The van der Waals surface area contributed by atoms with Gasteiger partial charge in [0.05, 0.1) is 0 Å². The summed E-state index contributed by atoms with van der Waals surface area (Å²) >= 11 is 1.68. The van der Waals surface area contributed by atoms with E-state index in [2.05, 4.69) is 10.6 Å². The predicted octanol–water partition coefficient (Wildman–Crippen LogP) is 3.55. The number of benzene rings is 2. The highest BCUT2D eigenvalue weighted by Crippen LogP contribution is 2.14. The Kier molecular flexibility index (Phi) is 5.63. The number of carbonyl (C=O) groups is 1. The second-order valence-electron chi connectivity index (χ2n) is 4.51. The molecule has 2 rings (SSSR count). The van der Waals surface area contributed by atoms with E-state index in [4.69, 9.17) is 0 Å². The van der Waals surface area contributed by atoms with Gasteiger partial charge in [-0.25, -0.2) is 9.18 Å². The summed E-state index contributed by atoms with van der Waals surface area (Å²) in [6, 6.07) is 13.8. The van der Waals surface area contributed by atoms with Crippen LogP contribution in [0.2, 0.25) is 0 Å². The van der Waals surface area contributed by atoms with Crippen LogP contribution < -0.4 is 10.6 Å². The molecule has 2 N–H and O–H groups in total. The molecule has 0 saturated heterocycles. The third-order valence-electron chi connectivity index (χ3n) is 2.98. The average Bonchev–Trinajstić information content (AvgIpc) is 2.53. The molecule has 0 heterocycles. The Morgan fingerprint density at radius 3 is 1.90 bits per heavy atom. The number of rotatable bonds is 5. The van der Waals surface area contributed by atoms with Gasteiger partial charge in [-0.3, -0.25) is 0 Å². The van der Waals surface area contributed by atoms with Crippen LogP contribution in [0.15, 0.2) is 53.4 Å². The lowest BCUT2D eigenvalue weighted by Gasteiger charge is -2.08. The molecule has 0 aliphatic carbocycles. The Hall–Kier alpha value is -2.01. The highest BCUT2D eigenvalue weighted by atomic mass is 32.2. The Balaban J connectivity index is 1.75. The number of amides is 2. The summed E-state index contributed by atoms with van der Waals surface area (Å²) in [6.45, 7) is 0.849. The van der Waals surface area contributed by atoms with Crippen LogP contribution >= 0.6 is 11.8 Å². The molecule has 0 spiro atoms. The van der Waals surface area contributed by atoms with Crippen LogP contribution in [-0.4, -0.2) is 12.3 Å². The molecule has 2 aromatic rings. The van der Waals surface area contributed by atoms with Gasteiger partial charge in [0.25, 0.3) is 0 Å². The molecule has 0 aliphatic heterocycles. The number of hydrogen-bond donors (Lipinski definition) is 2. The van der Waals surface area contributed by atoms with Crippen LogP contribution in [0.25, 0.3) is 0 Å². The minimum atomic E-state index is -0.281. The van der Waals surface area contributed by atoms with E-state index >= 15 is 0 Å². The van der Waals surface area contributed by atoms with Crippen LogP contribution in [0, 0.1) is 5.82 Å². The molecule has 0 aromatic heterocycles. The van der Waals surface area contributed by atoms with E-state index in [1.807, 2.05) is 30.5 Å². The fourth-order valence-electron chi connectivity index (χ4n) is 1.77. The van der Waals surface area contributed by atoms with Crippen LogP contribution in [0.4, 0.5) is 9.18 Å². The molecule has 21 heavy (non-hydrogen) atoms. The molecular weight excluding hydrogens is 287 g/mol. The van der Waals surface area contributed by atoms with Crippen LogP contribution in [0.3, 0.4) is 0 Å². The Morgan fingerprint density at radius 2 is 1.43 bits per heavy atom. The zero-order chi connectivity index (χ0) is 15.1. The molecule has 0 bridgehead atoms. The Morgan fingerprint density at radius 1 is 0.952 bits per heavy atom. The Bertz CT molecular complexity index is 584. The first-order chi connectivity index (χ1) is 10.2. The van der Waals surface area contributed by atoms with Gasteiger partial charge in [0.15, 0.2) is 0 Å². The molecule has 0 atom stereocenters. The minimum absolute atomic E-state index is 0.242. The maximum Gasteiger partial charge on any atom is 0.315 e. The highest BCUT2D eigenvalue weighted by molar-refractivity contribution is 7.98. The van der Waals surface area contributed by atoms with Crippen molar-refractivity contribution in [3.8, 4) is 0 Å². The van der Waals surface area contributed by atoms with Gasteiger partial charge in [-0.1, -0.05) is 24.3 Å². The number of hydrogen-bond acceptors (Lipinski definition) is 2. The van der Waals surface area contributed by atoms with E-state index in [0.29, 0.717) is 13.1 Å². The van der Waals surface area contributed by atoms with E-state index in [0.717, 1.165) is 11.1 Å². The third kappa shape index (κ3) is 5.11. The van der Waals surface area contributed by atoms with Crippen molar-refractivity contribution in [1.82, 2.24) is 10.6 Å². The van der Waals surface area contributed by atoms with Crippen molar-refractivity contribution in [2.24, 2.45) is 0 Å². The van der Waals surface area contributed by atoms with E-state index < -0.39 is 0 Å². The van der Waals surface area contributed by atoms with Gasteiger partial charge >= 0.3 is 6.03 Å². The maximum atomic E-state index is 12.7. The molecule has 2 aromatic carbocycles. The lowest BCUT2D eigenvalue weighted by molar-refractivity contribution is 0.240. The van der Waals surface area contributed by atoms with Crippen molar-refractivity contribution in [3.05, 3.63) is 65.5 Å². The molecule has 3 nitrogen and oxygen atoms in total. The molecule has 2 amide bonds. The van der Waals surface area contributed by atoms with Gasteiger partial charge < -0.3 is 10.6 Å². The molecular formula is C16H17FN2OS. The first kappa shape index (κ1) is 15.4. The largest absolute Gasteiger partial charge is 0.334 e. The number of thioether (sulfide) groups is 1. The smallest absolute Gasteiger partial charge is 0.315 e. The molecule has 0 fully saturated rings. The van der Waals surface area contributed by atoms with Crippen LogP contribution in [0.1, 0.15) is 11.1 Å². The topological polar surface area (TPSA) is 41.1 Å². The molecule has 0 saturated carbocycles. The average molecular weight is 304 g/mol. The lowest BCUT2D eigenvalue weighted by Crippen LogP contribution is -2.34. The molecule has 110 valence electrons. The van der Waals surface area contributed by atoms with Gasteiger partial charge in [0.2, 0.25) is 0 Å². The maximum absolute atomic E-state index is 12.7. The van der Waals surface area contributed by atoms with Crippen LogP contribution in [0.5, 0.6) is 0 Å². The summed E-state index contributed by atoms with van der Waals surface area (Å²) in [6.07, 6.45) is 2.02. The second kappa shape index (κ2) is 7.69. The van der Waals surface area contributed by atoms with Crippen molar-refractivity contribution < 1.29 is 9.18 Å². The van der Waals surface area contributed by atoms with E-state index in [9.17, 15) is 9.18 Å². The summed E-state index contributed by atoms with van der Waals surface area (Å²) < 4.78 is 12.7. The first-order valence-corrected chi connectivity index (χ1v) is 7.79. The van der Waals surface area contributed by atoms with Crippen molar-refractivity contribution in [2.45, 2.75) is 18.0 Å². The van der Waals surface area contributed by atoms with E-state index in [-0.39, 0.29) is 11.8 Å². The minimum Gasteiger partial charge on any atom is -0.334 e. The van der Waals surface area contributed by atoms with E-state index in [1.54, 1.807) is 23.9 Å². The summed E-state index contributed by atoms with van der Waals surface area (Å²) in [7, 11) is 0. The lowest BCUT2D eigenvalue weighted by atomic mass is 10.2. The monoisotopic (exact) mass is 304 g/mol. The van der Waals surface area contributed by atoms with Crippen LogP contribution in [-0.2, 0) is 13.1 Å². The van der Waals surface area contributed by atoms with Crippen molar-refractivity contribution in [2.75, 3.05) is 6.26 Å². The number of urea groups is 1. The molecule has 5 heteroatoms. The fourth-order valence-corrected chi connectivity index (χ4v) is 2.18. The zero-order valence-electron chi connectivity index (χ0n) is 11.7. The van der Waals surface area contributed by atoms with Gasteiger partial charge in [-0.15, -0.1) is 11.8 Å². The number of halogens is 1. The Labute approximate surface area is 127 Å². The van der Waals surface area contributed by atoms with E-state index in [1.165, 1.54) is 17.0 Å². The summed E-state index contributed by atoms with van der Waals surface area (Å²) in [4.78, 5) is 12.9. The predicted molar refractivity (Wildman–Crippen MR) is 83.7 cm³/mol. The number of nitrogens with one attached hydrogen (secondary N) is 2. The molecule has 0 unspecified atom stereocenters. The summed E-state index contributed by atoms with van der Waals surface area (Å²) in [5.41, 5.74) is 1.90.